The van der Waals surface area contributed by atoms with Gasteiger partial charge in [-0.25, -0.2) is 9.78 Å². The second-order valence-electron chi connectivity index (χ2n) is 9.63. The van der Waals surface area contributed by atoms with Crippen LogP contribution in [0.25, 0.3) is 0 Å². The highest BCUT2D eigenvalue weighted by Crippen LogP contribution is 2.40. The van der Waals surface area contributed by atoms with Crippen LogP contribution in [0.15, 0.2) is 36.8 Å². The van der Waals surface area contributed by atoms with E-state index < -0.39 is 17.5 Å². The minimum absolute atomic E-state index is 0.0945. The van der Waals surface area contributed by atoms with Gasteiger partial charge in [-0.2, -0.15) is 13.2 Å². The molecule has 3 heterocycles. The van der Waals surface area contributed by atoms with Crippen LogP contribution in [0.2, 0.25) is 0 Å². The number of rotatable bonds is 5. The van der Waals surface area contributed by atoms with Gasteiger partial charge in [0.25, 0.3) is 0 Å². The summed E-state index contributed by atoms with van der Waals surface area (Å²) < 4.78 is 50.8. The van der Waals surface area contributed by atoms with Crippen molar-refractivity contribution in [3.05, 3.63) is 42.5 Å². The Bertz CT molecular complexity index is 996. The first kappa shape index (κ1) is 24.1. The van der Waals surface area contributed by atoms with E-state index in [1.54, 1.807) is 23.4 Å². The molecule has 10 heteroatoms. The molecule has 2 aliphatic rings. The van der Waals surface area contributed by atoms with Crippen molar-refractivity contribution in [1.29, 1.82) is 0 Å². The average molecular weight is 479 g/mol. The number of hydrogen-bond donors (Lipinski definition) is 0. The van der Waals surface area contributed by atoms with Crippen molar-refractivity contribution >= 4 is 17.5 Å². The van der Waals surface area contributed by atoms with Crippen LogP contribution >= 0.6 is 0 Å². The van der Waals surface area contributed by atoms with Gasteiger partial charge in [-0.15, -0.1) is 0 Å². The van der Waals surface area contributed by atoms with Gasteiger partial charge in [0, 0.05) is 31.4 Å². The van der Waals surface area contributed by atoms with Crippen molar-refractivity contribution in [3.63, 3.8) is 0 Å². The van der Waals surface area contributed by atoms with Gasteiger partial charge in [-0.1, -0.05) is 0 Å². The van der Waals surface area contributed by atoms with E-state index in [9.17, 15) is 18.0 Å². The quantitative estimate of drug-likeness (QED) is 0.559. The number of halogens is 3. The molecule has 0 atom stereocenters. The Balaban J connectivity index is 1.60. The van der Waals surface area contributed by atoms with E-state index in [2.05, 4.69) is 9.97 Å². The summed E-state index contributed by atoms with van der Waals surface area (Å²) in [5, 5.41) is 0. The number of piperidine rings is 1. The van der Waals surface area contributed by atoms with E-state index in [0.717, 1.165) is 18.9 Å². The molecule has 0 aromatic carbocycles. The van der Waals surface area contributed by atoms with Crippen molar-refractivity contribution in [2.45, 2.75) is 70.4 Å². The number of hydrogen-bond acceptors (Lipinski definition) is 6. The lowest BCUT2D eigenvalue weighted by Crippen LogP contribution is -2.47. The largest absolute Gasteiger partial charge is 0.488 e. The van der Waals surface area contributed by atoms with Gasteiger partial charge in [0.2, 0.25) is 0 Å². The molecule has 1 aliphatic heterocycles. The third-order valence-electron chi connectivity index (χ3n) is 5.64. The highest BCUT2D eigenvalue weighted by molar-refractivity contribution is 5.70. The maximum Gasteiger partial charge on any atom is 0.433 e. The Morgan fingerprint density at radius 1 is 1.06 bits per heavy atom. The molecule has 0 spiro atoms. The van der Waals surface area contributed by atoms with Gasteiger partial charge in [0.15, 0.2) is 0 Å². The summed E-state index contributed by atoms with van der Waals surface area (Å²) in [5.41, 5.74) is -0.350. The van der Waals surface area contributed by atoms with Gasteiger partial charge in [0.05, 0.1) is 24.2 Å². The van der Waals surface area contributed by atoms with E-state index in [-0.39, 0.29) is 18.2 Å². The fourth-order valence-electron chi connectivity index (χ4n) is 3.90. The predicted octanol–water partition coefficient (Wildman–Crippen LogP) is 5.57. The number of anilines is 2. The van der Waals surface area contributed by atoms with E-state index in [4.69, 9.17) is 9.47 Å². The third-order valence-corrected chi connectivity index (χ3v) is 5.64. The first-order chi connectivity index (χ1) is 16.0. The Hall–Kier alpha value is -3.04. The third kappa shape index (κ3) is 5.90. The van der Waals surface area contributed by atoms with Crippen LogP contribution in [0.4, 0.5) is 29.3 Å². The molecule has 1 amide bonds. The number of nitrogens with zero attached hydrogens (tertiary/aromatic N) is 4. The van der Waals surface area contributed by atoms with E-state index in [0.29, 0.717) is 43.1 Å². The van der Waals surface area contributed by atoms with E-state index >= 15 is 0 Å². The van der Waals surface area contributed by atoms with Gasteiger partial charge in [-0.3, -0.25) is 4.98 Å². The fourth-order valence-corrected chi connectivity index (χ4v) is 3.90. The smallest absolute Gasteiger partial charge is 0.433 e. The van der Waals surface area contributed by atoms with Crippen LogP contribution in [0.3, 0.4) is 0 Å². The zero-order valence-corrected chi connectivity index (χ0v) is 19.5. The van der Waals surface area contributed by atoms with Gasteiger partial charge in [-0.05, 0) is 58.6 Å². The minimum Gasteiger partial charge on any atom is -0.488 e. The molecule has 2 fully saturated rings. The molecule has 2 aromatic heterocycles. The maximum absolute atomic E-state index is 13.1. The normalized spacial score (nSPS) is 17.4. The maximum atomic E-state index is 13.1. The molecule has 0 radical (unpaired) electrons. The lowest BCUT2D eigenvalue weighted by molar-refractivity contribution is -0.141. The van der Waals surface area contributed by atoms with Gasteiger partial charge >= 0.3 is 12.3 Å². The Morgan fingerprint density at radius 3 is 2.32 bits per heavy atom. The second-order valence-corrected chi connectivity index (χ2v) is 9.63. The summed E-state index contributed by atoms with van der Waals surface area (Å²) in [5.74, 6) is 0.631. The summed E-state index contributed by atoms with van der Waals surface area (Å²) >= 11 is 0. The van der Waals surface area contributed by atoms with Crippen molar-refractivity contribution in [3.8, 4) is 5.75 Å². The molecule has 4 rings (SSSR count). The number of aromatic nitrogens is 2. The number of ether oxygens (including phenoxy) is 2. The number of carbonyl (C=O) groups is 1. The molecule has 184 valence electrons. The molecule has 0 N–H and O–H groups in total. The lowest BCUT2D eigenvalue weighted by atomic mass is 10.0. The van der Waals surface area contributed by atoms with Crippen LogP contribution < -0.4 is 9.64 Å². The van der Waals surface area contributed by atoms with Crippen molar-refractivity contribution in [2.24, 2.45) is 0 Å². The zero-order valence-electron chi connectivity index (χ0n) is 19.5. The van der Waals surface area contributed by atoms with Gasteiger partial charge in [0.1, 0.15) is 22.7 Å². The number of likely N-dealkylation sites (tertiary alicyclic amines) is 1. The van der Waals surface area contributed by atoms with Crippen LogP contribution in [-0.4, -0.2) is 51.8 Å². The van der Waals surface area contributed by atoms with Crippen LogP contribution in [0.5, 0.6) is 5.75 Å². The van der Waals surface area contributed by atoms with Crippen molar-refractivity contribution < 1.29 is 27.4 Å². The standard InChI is InChI=1S/C24H29F3N4O3/c1-23(2,3)34-22(32)30-12-9-16(10-13-30)31(17-4-7-21(29-14-17)24(25,26)27)19-15-28-11-8-20(19)33-18-5-6-18/h4,7-8,11,14-16,18H,5-6,9-10,12-13H2,1-3H3. The fraction of sp³-hybridized carbons (Fsp3) is 0.542. The highest BCUT2D eigenvalue weighted by Gasteiger charge is 2.35. The summed E-state index contributed by atoms with van der Waals surface area (Å²) in [6, 6.07) is 4.08. The Morgan fingerprint density at radius 2 is 1.76 bits per heavy atom. The number of amides is 1. The molecule has 0 bridgehead atoms. The topological polar surface area (TPSA) is 67.8 Å². The van der Waals surface area contributed by atoms with Crippen LogP contribution in [0, 0.1) is 0 Å². The SMILES string of the molecule is CC(C)(C)OC(=O)N1CCC(N(c2ccc(C(F)(F)F)nc2)c2cnccc2OC2CC2)CC1. The lowest BCUT2D eigenvalue weighted by Gasteiger charge is -2.40. The first-order valence-electron chi connectivity index (χ1n) is 11.4. The molecule has 7 nitrogen and oxygen atoms in total. The molecule has 2 aromatic rings. The van der Waals surface area contributed by atoms with Crippen LogP contribution in [0.1, 0.15) is 52.1 Å². The van der Waals surface area contributed by atoms with Crippen molar-refractivity contribution in [1.82, 2.24) is 14.9 Å². The second kappa shape index (κ2) is 9.31. The molecule has 1 saturated carbocycles. The summed E-state index contributed by atoms with van der Waals surface area (Å²) in [7, 11) is 0. The first-order valence-corrected chi connectivity index (χ1v) is 11.4. The number of carbonyl (C=O) groups excluding carboxylic acids is 1. The summed E-state index contributed by atoms with van der Waals surface area (Å²) in [6.45, 7) is 6.38. The minimum atomic E-state index is -4.52. The summed E-state index contributed by atoms with van der Waals surface area (Å²) in [6.07, 6.45) is 2.92. The zero-order chi connectivity index (χ0) is 24.5. The van der Waals surface area contributed by atoms with E-state index in [1.807, 2.05) is 25.7 Å². The van der Waals surface area contributed by atoms with Crippen LogP contribution in [-0.2, 0) is 10.9 Å². The van der Waals surface area contributed by atoms with Gasteiger partial charge < -0.3 is 19.3 Å². The molecule has 34 heavy (non-hydrogen) atoms. The number of pyridine rings is 2. The Labute approximate surface area is 196 Å². The molecule has 1 saturated heterocycles. The number of alkyl halides is 3. The molecular weight excluding hydrogens is 449 g/mol. The molecule has 0 unspecified atom stereocenters. The predicted molar refractivity (Wildman–Crippen MR) is 120 cm³/mol. The summed E-state index contributed by atoms with van der Waals surface area (Å²) in [4.78, 5) is 24.0. The highest BCUT2D eigenvalue weighted by atomic mass is 19.4. The van der Waals surface area contributed by atoms with E-state index in [1.165, 1.54) is 12.3 Å². The monoisotopic (exact) mass is 478 g/mol. The average Bonchev–Trinajstić information content (AvgIpc) is 3.58. The Kier molecular flexibility index (Phi) is 6.60. The molecular formula is C24H29F3N4O3. The molecule has 1 aliphatic carbocycles. The van der Waals surface area contributed by atoms with Crippen molar-refractivity contribution in [2.75, 3.05) is 18.0 Å².